The van der Waals surface area contributed by atoms with Gasteiger partial charge < -0.3 is 24.4 Å². The third kappa shape index (κ3) is 6.46. The number of carbonyl (C=O) groups excluding carboxylic acids is 2. The van der Waals surface area contributed by atoms with Crippen LogP contribution in [0.1, 0.15) is 29.5 Å². The minimum atomic E-state index is -4.44. The lowest BCUT2D eigenvalue weighted by Crippen LogP contribution is -2.50. The summed E-state index contributed by atoms with van der Waals surface area (Å²) in [6.07, 6.45) is -2.82. The van der Waals surface area contributed by atoms with Crippen molar-refractivity contribution in [2.24, 2.45) is 9.98 Å². The second-order valence-electron chi connectivity index (χ2n) is 7.99. The van der Waals surface area contributed by atoms with Gasteiger partial charge in [0.2, 0.25) is 11.9 Å². The number of hydrogen-bond acceptors (Lipinski definition) is 4. The molecule has 2 aliphatic rings. The fourth-order valence-corrected chi connectivity index (χ4v) is 3.76. The Morgan fingerprint density at radius 3 is 2.56 bits per heavy atom. The quantitative estimate of drug-likeness (QED) is 0.365. The second-order valence-corrected chi connectivity index (χ2v) is 7.99. The first-order valence-corrected chi connectivity index (χ1v) is 11.1. The fraction of sp³-hybridized carbons (Fsp3) is 0.545. The zero-order valence-electron chi connectivity index (χ0n) is 19.1. The Morgan fingerprint density at radius 2 is 1.88 bits per heavy atom. The van der Waals surface area contributed by atoms with Gasteiger partial charge in [0.25, 0.3) is 5.91 Å². The van der Waals surface area contributed by atoms with E-state index in [1.807, 2.05) is 10.6 Å². The van der Waals surface area contributed by atoms with E-state index in [9.17, 15) is 22.8 Å². The van der Waals surface area contributed by atoms with Gasteiger partial charge in [0.15, 0.2) is 0 Å². The lowest BCUT2D eigenvalue weighted by molar-refractivity contribution is -0.133. The Balaban J connectivity index is 1.38. The number of nitrogens with one attached hydrogen (secondary N) is 1. The molecule has 2 aliphatic heterocycles. The average molecular weight is 483 g/mol. The van der Waals surface area contributed by atoms with Crippen LogP contribution in [-0.4, -0.2) is 91.0 Å². The number of alkyl halides is 3. The average Bonchev–Trinajstić information content (AvgIpc) is 3.23. The maximum atomic E-state index is 12.6. The van der Waals surface area contributed by atoms with Crippen LogP contribution < -0.4 is 5.32 Å². The molecule has 0 aromatic carbocycles. The van der Waals surface area contributed by atoms with Crippen LogP contribution in [0.25, 0.3) is 0 Å². The van der Waals surface area contributed by atoms with Gasteiger partial charge in [-0.15, -0.1) is 0 Å². The number of aliphatic imine (C=N–C) groups is 2. The summed E-state index contributed by atoms with van der Waals surface area (Å²) >= 11 is 0. The van der Waals surface area contributed by atoms with E-state index in [2.05, 4.69) is 22.0 Å². The molecule has 3 heterocycles. The number of allylic oxidation sites excluding steroid dienone is 1. The van der Waals surface area contributed by atoms with Gasteiger partial charge in [0.1, 0.15) is 5.69 Å². The molecule has 0 aliphatic carbocycles. The second kappa shape index (κ2) is 11.3. The van der Waals surface area contributed by atoms with Crippen molar-refractivity contribution < 1.29 is 27.5 Å². The van der Waals surface area contributed by atoms with Crippen LogP contribution in [0.15, 0.2) is 33.9 Å². The molecule has 34 heavy (non-hydrogen) atoms. The highest BCUT2D eigenvalue weighted by molar-refractivity contribution is 5.93. The number of aromatic nitrogens is 1. The van der Waals surface area contributed by atoms with Crippen LogP contribution in [0, 0.1) is 0 Å². The molecule has 1 N–H and O–H groups in total. The number of hydrogen-bond donors (Lipinski definition) is 1. The summed E-state index contributed by atoms with van der Waals surface area (Å²) in [7, 11) is 0. The monoisotopic (exact) mass is 482 g/mol. The first-order chi connectivity index (χ1) is 16.2. The normalized spacial score (nSPS) is 17.5. The summed E-state index contributed by atoms with van der Waals surface area (Å²) in [6, 6.07) is 3.73. The van der Waals surface area contributed by atoms with Crippen molar-refractivity contribution in [3.8, 4) is 0 Å². The van der Waals surface area contributed by atoms with Gasteiger partial charge >= 0.3 is 6.18 Å². The number of guanidine groups is 1. The van der Waals surface area contributed by atoms with Crippen LogP contribution in [0.2, 0.25) is 0 Å². The predicted octanol–water partition coefficient (Wildman–Crippen LogP) is 1.85. The summed E-state index contributed by atoms with van der Waals surface area (Å²) in [5.41, 5.74) is 0.854. The first kappa shape index (κ1) is 25.5. The number of rotatable bonds is 7. The lowest BCUT2D eigenvalue weighted by Gasteiger charge is -2.35. The van der Waals surface area contributed by atoms with Gasteiger partial charge in [-0.1, -0.05) is 0 Å². The topological polar surface area (TPSA) is 91.5 Å². The highest BCUT2D eigenvalue weighted by atomic mass is 19.4. The molecular formula is C22H29F3N6O3. The van der Waals surface area contributed by atoms with Gasteiger partial charge in [-0.2, -0.15) is 13.2 Å². The maximum absolute atomic E-state index is 12.6. The van der Waals surface area contributed by atoms with E-state index in [4.69, 9.17) is 4.74 Å². The molecule has 0 radical (unpaired) electrons. The van der Waals surface area contributed by atoms with Crippen molar-refractivity contribution in [3.63, 3.8) is 0 Å². The summed E-state index contributed by atoms with van der Waals surface area (Å²) in [5.74, 6) is -0.0161. The van der Waals surface area contributed by atoms with Crippen molar-refractivity contribution in [1.82, 2.24) is 19.7 Å². The molecule has 12 heteroatoms. The van der Waals surface area contributed by atoms with E-state index in [1.165, 1.54) is 0 Å². The molecule has 0 bridgehead atoms. The smallest absolute Gasteiger partial charge is 0.381 e. The number of carbonyl (C=O) groups is 2. The van der Waals surface area contributed by atoms with Gasteiger partial charge in [-0.05, 0) is 25.8 Å². The predicted molar refractivity (Wildman–Crippen MR) is 121 cm³/mol. The van der Waals surface area contributed by atoms with Crippen LogP contribution in [0.3, 0.4) is 0 Å². The maximum Gasteiger partial charge on any atom is 0.413 e. The molecule has 0 spiro atoms. The van der Waals surface area contributed by atoms with Gasteiger partial charge in [-0.3, -0.25) is 9.59 Å². The highest BCUT2D eigenvalue weighted by Gasteiger charge is 2.30. The number of fused-ring (bicyclic) bond motifs is 1. The zero-order valence-corrected chi connectivity index (χ0v) is 19.1. The molecule has 9 nitrogen and oxygen atoms in total. The molecule has 186 valence electrons. The minimum absolute atomic E-state index is 0.0470. The molecule has 0 saturated carbocycles. The Morgan fingerprint density at radius 1 is 1.18 bits per heavy atom. The molecule has 0 atom stereocenters. The molecule has 0 unspecified atom stereocenters. The van der Waals surface area contributed by atoms with Crippen LogP contribution in [0.4, 0.5) is 13.2 Å². The largest absolute Gasteiger partial charge is 0.413 e. The third-order valence-corrected chi connectivity index (χ3v) is 5.76. The van der Waals surface area contributed by atoms with Crippen LogP contribution in [-0.2, 0) is 22.5 Å². The number of piperazine rings is 1. The van der Waals surface area contributed by atoms with E-state index < -0.39 is 11.7 Å². The van der Waals surface area contributed by atoms with Crippen molar-refractivity contribution in [1.29, 1.82) is 0 Å². The first-order valence-electron chi connectivity index (χ1n) is 11.1. The van der Waals surface area contributed by atoms with Crippen molar-refractivity contribution in [2.45, 2.75) is 32.5 Å². The highest BCUT2D eigenvalue weighted by Crippen LogP contribution is 2.24. The zero-order chi connectivity index (χ0) is 24.7. The van der Waals surface area contributed by atoms with Gasteiger partial charge in [-0.25, -0.2) is 9.98 Å². The standard InChI is InChI=1S/C22H29F3N6O3/c1-16(22(23,24)25)15-28-21(26-2)30-11-9-29(10-12-30)19(32)6-14-34-13-5-17-3-4-18-20(33)27-7-8-31(17)18/h3-4,15H,2,5-14H2,1H3,(H,27,33)/b16-15+,28-21?. The lowest BCUT2D eigenvalue weighted by atomic mass is 10.3. The van der Waals surface area contributed by atoms with Crippen LogP contribution >= 0.6 is 0 Å². The summed E-state index contributed by atoms with van der Waals surface area (Å²) < 4.78 is 45.5. The summed E-state index contributed by atoms with van der Waals surface area (Å²) in [4.78, 5) is 35.2. The molecule has 1 fully saturated rings. The third-order valence-electron chi connectivity index (χ3n) is 5.76. The molecule has 1 aromatic heterocycles. The summed E-state index contributed by atoms with van der Waals surface area (Å²) in [6.45, 7) is 8.02. The molecular weight excluding hydrogens is 453 g/mol. The Labute approximate surface area is 196 Å². The SMILES string of the molecule is C=NC(=N/C=C(\C)C(F)(F)F)N1CCN(C(=O)CCOCCc2ccc3n2CCNC3=O)CC1. The van der Waals surface area contributed by atoms with Crippen molar-refractivity contribution >= 4 is 24.5 Å². The Bertz CT molecular complexity index is 962. The van der Waals surface area contributed by atoms with E-state index >= 15 is 0 Å². The fourth-order valence-electron chi connectivity index (χ4n) is 3.76. The van der Waals surface area contributed by atoms with E-state index in [0.717, 1.165) is 25.4 Å². The Hall–Kier alpha value is -3.15. The van der Waals surface area contributed by atoms with Crippen molar-refractivity contribution in [3.05, 3.63) is 35.3 Å². The number of halogens is 3. The molecule has 1 saturated heterocycles. The molecule has 2 amide bonds. The summed E-state index contributed by atoms with van der Waals surface area (Å²) in [5, 5.41) is 2.81. The number of ether oxygens (including phenoxy) is 1. The van der Waals surface area contributed by atoms with E-state index in [-0.39, 0.29) is 30.8 Å². The van der Waals surface area contributed by atoms with E-state index in [0.29, 0.717) is 51.4 Å². The molecule has 1 aromatic rings. The molecule has 3 rings (SSSR count). The number of nitrogens with zero attached hydrogens (tertiary/aromatic N) is 5. The van der Waals surface area contributed by atoms with Crippen LogP contribution in [0.5, 0.6) is 0 Å². The minimum Gasteiger partial charge on any atom is -0.381 e. The van der Waals surface area contributed by atoms with E-state index in [1.54, 1.807) is 15.9 Å². The number of amides is 2. The Kier molecular flexibility index (Phi) is 8.48. The van der Waals surface area contributed by atoms with Gasteiger partial charge in [0.05, 0.1) is 19.6 Å². The van der Waals surface area contributed by atoms with Crippen molar-refractivity contribution in [2.75, 3.05) is 45.9 Å². The van der Waals surface area contributed by atoms with Gasteiger partial charge in [0, 0.05) is 63.2 Å².